The molecular formula is C15H17BrClNO3. The molecule has 1 saturated carbocycles. The van der Waals surface area contributed by atoms with Crippen LogP contribution in [0.4, 0.5) is 5.69 Å². The van der Waals surface area contributed by atoms with Crippen LogP contribution < -0.4 is 5.32 Å². The van der Waals surface area contributed by atoms with E-state index < -0.39 is 17.8 Å². The highest BCUT2D eigenvalue weighted by Crippen LogP contribution is 2.39. The minimum absolute atomic E-state index is 0.249. The quantitative estimate of drug-likeness (QED) is 0.831. The summed E-state index contributed by atoms with van der Waals surface area (Å²) >= 11 is 9.27. The van der Waals surface area contributed by atoms with Crippen LogP contribution in [0.15, 0.2) is 22.7 Å². The molecule has 1 aliphatic carbocycles. The van der Waals surface area contributed by atoms with E-state index in [1.54, 1.807) is 18.2 Å². The van der Waals surface area contributed by atoms with Gasteiger partial charge in [0.25, 0.3) is 0 Å². The number of rotatable bonds is 4. The van der Waals surface area contributed by atoms with Gasteiger partial charge in [0.2, 0.25) is 5.91 Å². The van der Waals surface area contributed by atoms with Crippen LogP contribution in [0.3, 0.4) is 0 Å². The summed E-state index contributed by atoms with van der Waals surface area (Å²) < 4.78 is 0.720. The fourth-order valence-corrected chi connectivity index (χ4v) is 3.38. The van der Waals surface area contributed by atoms with Crippen LogP contribution in [0.1, 0.15) is 26.2 Å². The zero-order chi connectivity index (χ0) is 15.6. The summed E-state index contributed by atoms with van der Waals surface area (Å²) in [6.45, 7) is 2.03. The summed E-state index contributed by atoms with van der Waals surface area (Å²) in [5, 5.41) is 12.6. The fraction of sp³-hybridized carbons (Fsp3) is 0.467. The summed E-state index contributed by atoms with van der Waals surface area (Å²) in [6.07, 6.45) is 2.09. The summed E-state index contributed by atoms with van der Waals surface area (Å²) in [5.41, 5.74) is 0.566. The maximum Gasteiger partial charge on any atom is 0.307 e. The number of carboxylic acids is 1. The molecule has 0 heterocycles. The van der Waals surface area contributed by atoms with E-state index in [0.29, 0.717) is 29.5 Å². The first kappa shape index (κ1) is 16.3. The Morgan fingerprint density at radius 3 is 2.67 bits per heavy atom. The predicted molar refractivity (Wildman–Crippen MR) is 85.4 cm³/mol. The van der Waals surface area contributed by atoms with Gasteiger partial charge in [-0.15, -0.1) is 0 Å². The zero-order valence-electron chi connectivity index (χ0n) is 11.6. The maximum absolute atomic E-state index is 12.4. The molecule has 6 heteroatoms. The summed E-state index contributed by atoms with van der Waals surface area (Å²) in [7, 11) is 0. The largest absolute Gasteiger partial charge is 0.481 e. The number of benzene rings is 1. The highest BCUT2D eigenvalue weighted by Gasteiger charge is 2.42. The predicted octanol–water partition coefficient (Wildman–Crippen LogP) is 4.18. The minimum Gasteiger partial charge on any atom is -0.481 e. The van der Waals surface area contributed by atoms with Gasteiger partial charge in [0.15, 0.2) is 0 Å². The number of anilines is 1. The lowest BCUT2D eigenvalue weighted by molar-refractivity contribution is -0.145. The third-order valence-electron chi connectivity index (χ3n) is 4.08. The molecule has 0 aliphatic heterocycles. The monoisotopic (exact) mass is 373 g/mol. The molecule has 114 valence electrons. The second-order valence-electron chi connectivity index (χ2n) is 5.41. The highest BCUT2D eigenvalue weighted by atomic mass is 79.9. The zero-order valence-corrected chi connectivity index (χ0v) is 13.9. The lowest BCUT2D eigenvalue weighted by Gasteiger charge is -2.16. The molecule has 1 aromatic carbocycles. The Kier molecular flexibility index (Phi) is 5.27. The number of aliphatic carboxylic acids is 1. The number of carbonyl (C=O) groups is 2. The van der Waals surface area contributed by atoms with Crippen molar-refractivity contribution in [2.75, 3.05) is 5.32 Å². The Morgan fingerprint density at radius 1 is 1.38 bits per heavy atom. The van der Waals surface area contributed by atoms with E-state index in [2.05, 4.69) is 21.2 Å². The maximum atomic E-state index is 12.4. The lowest BCUT2D eigenvalue weighted by Crippen LogP contribution is -2.30. The summed E-state index contributed by atoms with van der Waals surface area (Å²) in [5.74, 6) is -1.94. The van der Waals surface area contributed by atoms with E-state index in [1.807, 2.05) is 6.92 Å². The molecule has 0 saturated heterocycles. The third kappa shape index (κ3) is 3.77. The highest BCUT2D eigenvalue weighted by molar-refractivity contribution is 9.10. The van der Waals surface area contributed by atoms with Crippen LogP contribution in [0, 0.1) is 17.8 Å². The molecule has 1 aromatic rings. The lowest BCUT2D eigenvalue weighted by atomic mass is 9.95. The van der Waals surface area contributed by atoms with Crippen LogP contribution in [-0.2, 0) is 9.59 Å². The average Bonchev–Trinajstić information content (AvgIpc) is 2.87. The molecule has 0 aromatic heterocycles. The van der Waals surface area contributed by atoms with Gasteiger partial charge in [-0.1, -0.05) is 24.9 Å². The number of amides is 1. The van der Waals surface area contributed by atoms with Crippen molar-refractivity contribution >= 4 is 45.1 Å². The van der Waals surface area contributed by atoms with Gasteiger partial charge in [-0.3, -0.25) is 9.59 Å². The van der Waals surface area contributed by atoms with Crippen LogP contribution >= 0.6 is 27.5 Å². The number of halogens is 2. The molecule has 2 N–H and O–H groups in total. The normalized spacial score (nSPS) is 24.8. The van der Waals surface area contributed by atoms with Crippen molar-refractivity contribution in [3.05, 3.63) is 27.7 Å². The molecule has 1 aliphatic rings. The molecule has 1 fully saturated rings. The van der Waals surface area contributed by atoms with Crippen molar-refractivity contribution in [2.45, 2.75) is 26.2 Å². The number of carboxylic acid groups (broad SMARTS) is 1. The summed E-state index contributed by atoms with van der Waals surface area (Å²) in [6, 6.07) is 5.10. The van der Waals surface area contributed by atoms with Gasteiger partial charge < -0.3 is 10.4 Å². The van der Waals surface area contributed by atoms with Crippen molar-refractivity contribution in [3.8, 4) is 0 Å². The van der Waals surface area contributed by atoms with Gasteiger partial charge in [-0.2, -0.15) is 0 Å². The van der Waals surface area contributed by atoms with Crippen LogP contribution in [0.25, 0.3) is 0 Å². The number of carbonyl (C=O) groups excluding carboxylic acids is 1. The van der Waals surface area contributed by atoms with Crippen molar-refractivity contribution in [1.29, 1.82) is 0 Å². The Hall–Kier alpha value is -1.07. The van der Waals surface area contributed by atoms with Gasteiger partial charge in [0.1, 0.15) is 0 Å². The van der Waals surface area contributed by atoms with Crippen LogP contribution in [0.2, 0.25) is 5.02 Å². The van der Waals surface area contributed by atoms with E-state index >= 15 is 0 Å². The first-order valence-corrected chi connectivity index (χ1v) is 8.08. The van der Waals surface area contributed by atoms with Gasteiger partial charge in [0, 0.05) is 9.50 Å². The topological polar surface area (TPSA) is 66.4 Å². The van der Waals surface area contributed by atoms with Crippen LogP contribution in [-0.4, -0.2) is 17.0 Å². The first-order valence-electron chi connectivity index (χ1n) is 6.91. The minimum atomic E-state index is -0.892. The Balaban J connectivity index is 2.15. The summed E-state index contributed by atoms with van der Waals surface area (Å²) in [4.78, 5) is 23.8. The fourth-order valence-electron chi connectivity index (χ4n) is 2.86. The smallest absolute Gasteiger partial charge is 0.307 e. The Morgan fingerprint density at radius 2 is 2.05 bits per heavy atom. The van der Waals surface area contributed by atoms with E-state index in [0.717, 1.165) is 10.9 Å². The molecule has 1 amide bonds. The van der Waals surface area contributed by atoms with Crippen molar-refractivity contribution in [3.63, 3.8) is 0 Å². The number of nitrogens with one attached hydrogen (secondary N) is 1. The average molecular weight is 375 g/mol. The Bertz CT molecular complexity index is 564. The van der Waals surface area contributed by atoms with E-state index in [-0.39, 0.29) is 5.91 Å². The van der Waals surface area contributed by atoms with Gasteiger partial charge >= 0.3 is 5.97 Å². The molecule has 0 bridgehead atoms. The van der Waals surface area contributed by atoms with Crippen molar-refractivity contribution in [2.24, 2.45) is 17.8 Å². The third-order valence-corrected chi connectivity index (χ3v) is 5.00. The molecule has 3 atom stereocenters. The second kappa shape index (κ2) is 6.79. The van der Waals surface area contributed by atoms with Crippen molar-refractivity contribution < 1.29 is 14.7 Å². The van der Waals surface area contributed by atoms with Gasteiger partial charge in [-0.05, 0) is 52.9 Å². The van der Waals surface area contributed by atoms with Crippen molar-refractivity contribution in [1.82, 2.24) is 0 Å². The van der Waals surface area contributed by atoms with Gasteiger partial charge in [-0.25, -0.2) is 0 Å². The molecule has 0 spiro atoms. The van der Waals surface area contributed by atoms with Gasteiger partial charge in [0.05, 0.1) is 17.5 Å². The van der Waals surface area contributed by atoms with E-state index in [1.165, 1.54) is 0 Å². The second-order valence-corrected chi connectivity index (χ2v) is 6.70. The molecular weight excluding hydrogens is 358 g/mol. The van der Waals surface area contributed by atoms with E-state index in [9.17, 15) is 14.7 Å². The number of hydrogen-bond acceptors (Lipinski definition) is 2. The standard InChI is InChI=1S/C15H17BrClNO3/c1-2-8-5-10(11(6-8)15(20)21)14(19)18-13-7-9(17)3-4-12(13)16/h3-4,7-8,10-11H,2,5-6H2,1H3,(H,18,19)(H,20,21). The SMILES string of the molecule is CCC1CC(C(=O)O)C(C(=O)Nc2cc(Cl)ccc2Br)C1. The molecule has 21 heavy (non-hydrogen) atoms. The molecule has 2 rings (SSSR count). The Labute approximate surface area is 137 Å². The van der Waals surface area contributed by atoms with Crippen LogP contribution in [0.5, 0.6) is 0 Å². The first-order chi connectivity index (χ1) is 9.92. The molecule has 3 unspecified atom stereocenters. The van der Waals surface area contributed by atoms with E-state index in [4.69, 9.17) is 11.6 Å². The molecule has 4 nitrogen and oxygen atoms in total. The number of hydrogen-bond donors (Lipinski definition) is 2. The molecule has 0 radical (unpaired) electrons.